The van der Waals surface area contributed by atoms with E-state index >= 15 is 0 Å². The van der Waals surface area contributed by atoms with E-state index in [0.717, 1.165) is 12.0 Å². The van der Waals surface area contributed by atoms with Gasteiger partial charge in [0.2, 0.25) is 0 Å². The Kier molecular flexibility index (Phi) is 4.51. The molecule has 0 aliphatic carbocycles. The van der Waals surface area contributed by atoms with Crippen LogP contribution < -0.4 is 0 Å². The molecule has 2 aromatic rings. The van der Waals surface area contributed by atoms with Gasteiger partial charge in [-0.15, -0.1) is 0 Å². The molecule has 96 valence electrons. The highest BCUT2D eigenvalue weighted by Gasteiger charge is 2.05. The normalized spacial score (nSPS) is 9.89. The summed E-state index contributed by atoms with van der Waals surface area (Å²) in [5.74, 6) is -0.394. The van der Waals surface area contributed by atoms with Crippen LogP contribution in [0.25, 0.3) is 0 Å². The third-order valence-electron chi connectivity index (χ3n) is 2.89. The third kappa shape index (κ3) is 3.81. The maximum absolute atomic E-state index is 11.1. The molecule has 2 nitrogen and oxygen atoms in total. The molecule has 0 amide bonds. The summed E-state index contributed by atoms with van der Waals surface area (Å²) in [7, 11) is 0. The molecule has 0 heterocycles. The first-order chi connectivity index (χ1) is 9.29. The van der Waals surface area contributed by atoms with Gasteiger partial charge in [-0.2, -0.15) is 0 Å². The van der Waals surface area contributed by atoms with Crippen LogP contribution in [0.2, 0.25) is 0 Å². The van der Waals surface area contributed by atoms with Crippen LogP contribution in [0.15, 0.2) is 67.3 Å². The Bertz CT molecular complexity index is 558. The van der Waals surface area contributed by atoms with Crippen LogP contribution in [0.3, 0.4) is 0 Å². The maximum atomic E-state index is 11.1. The minimum atomic E-state index is -0.394. The molecule has 0 unspecified atom stereocenters. The number of hydrogen-bond donors (Lipinski definition) is 0. The summed E-state index contributed by atoms with van der Waals surface area (Å²) in [5, 5.41) is 0. The lowest BCUT2D eigenvalue weighted by atomic mass is 10.0. The number of carbonyl (C=O) groups excluding carboxylic acids is 1. The third-order valence-corrected chi connectivity index (χ3v) is 2.89. The average molecular weight is 252 g/mol. The van der Waals surface area contributed by atoms with Crippen LogP contribution in [0.5, 0.6) is 0 Å². The van der Waals surface area contributed by atoms with Crippen LogP contribution >= 0.6 is 0 Å². The van der Waals surface area contributed by atoms with E-state index in [1.54, 1.807) is 0 Å². The van der Waals surface area contributed by atoms with Crippen LogP contribution in [0.1, 0.15) is 16.7 Å². The highest BCUT2D eigenvalue weighted by molar-refractivity contribution is 5.81. The zero-order valence-corrected chi connectivity index (χ0v) is 10.7. The number of ether oxygens (including phenoxy) is 1. The van der Waals surface area contributed by atoms with E-state index < -0.39 is 5.97 Å². The predicted molar refractivity (Wildman–Crippen MR) is 75.7 cm³/mol. The fourth-order valence-electron chi connectivity index (χ4n) is 1.89. The lowest BCUT2D eigenvalue weighted by molar-refractivity contribution is -0.138. The molecule has 0 bridgehead atoms. The van der Waals surface area contributed by atoms with E-state index in [9.17, 15) is 4.79 Å². The van der Waals surface area contributed by atoms with Crippen molar-refractivity contribution >= 4 is 5.97 Å². The Labute approximate surface area is 113 Å². The molecule has 0 aliphatic rings. The predicted octanol–water partition coefficient (Wildman–Crippen LogP) is 3.51. The number of benzene rings is 2. The number of hydrogen-bond acceptors (Lipinski definition) is 2. The zero-order chi connectivity index (χ0) is 13.5. The van der Waals surface area contributed by atoms with E-state index in [0.29, 0.717) is 0 Å². The molecule has 0 fully saturated rings. The van der Waals surface area contributed by atoms with Crippen molar-refractivity contribution < 1.29 is 9.53 Å². The van der Waals surface area contributed by atoms with Gasteiger partial charge in [0.05, 0.1) is 0 Å². The van der Waals surface area contributed by atoms with Gasteiger partial charge in [0.1, 0.15) is 6.61 Å². The minimum absolute atomic E-state index is 0.286. The van der Waals surface area contributed by atoms with Crippen molar-refractivity contribution in [3.8, 4) is 0 Å². The largest absolute Gasteiger partial charge is 0.458 e. The first kappa shape index (κ1) is 13.1. The quantitative estimate of drug-likeness (QED) is 0.601. The fourth-order valence-corrected chi connectivity index (χ4v) is 1.89. The van der Waals surface area contributed by atoms with E-state index in [1.807, 2.05) is 36.4 Å². The molecule has 0 N–H and O–H groups in total. The molecule has 0 spiro atoms. The van der Waals surface area contributed by atoms with Gasteiger partial charge in [-0.1, -0.05) is 61.2 Å². The van der Waals surface area contributed by atoms with E-state index in [2.05, 4.69) is 24.8 Å². The highest BCUT2D eigenvalue weighted by atomic mass is 16.5. The van der Waals surface area contributed by atoms with Crippen molar-refractivity contribution in [2.24, 2.45) is 0 Å². The summed E-state index contributed by atoms with van der Waals surface area (Å²) in [5.41, 5.74) is 3.44. The van der Waals surface area contributed by atoms with Crippen molar-refractivity contribution in [1.29, 1.82) is 0 Å². The summed E-state index contributed by atoms with van der Waals surface area (Å²) in [6.07, 6.45) is 2.02. The summed E-state index contributed by atoms with van der Waals surface area (Å²) < 4.78 is 5.10. The second-order valence-corrected chi connectivity index (χ2v) is 4.24. The highest BCUT2D eigenvalue weighted by Crippen LogP contribution is 2.15. The standard InChI is InChI=1S/C17H16O2/c1-2-17(18)19-13-16-11-7-6-10-15(16)12-14-8-4-3-5-9-14/h2-11H,1,12-13H2. The van der Waals surface area contributed by atoms with Gasteiger partial charge >= 0.3 is 5.97 Å². The van der Waals surface area contributed by atoms with Gasteiger partial charge < -0.3 is 4.74 Å². The SMILES string of the molecule is C=CC(=O)OCc1ccccc1Cc1ccccc1. The van der Waals surface area contributed by atoms with Gasteiger partial charge in [-0.3, -0.25) is 0 Å². The Morgan fingerprint density at radius 2 is 1.63 bits per heavy atom. The first-order valence-electron chi connectivity index (χ1n) is 6.19. The lowest BCUT2D eigenvalue weighted by Crippen LogP contribution is -2.03. The molecule has 2 aromatic carbocycles. The summed E-state index contributed by atoms with van der Waals surface area (Å²) in [4.78, 5) is 11.1. The molecule has 2 rings (SSSR count). The van der Waals surface area contributed by atoms with E-state index in [1.165, 1.54) is 17.2 Å². The summed E-state index contributed by atoms with van der Waals surface area (Å²) >= 11 is 0. The first-order valence-corrected chi connectivity index (χ1v) is 6.19. The van der Waals surface area contributed by atoms with Gasteiger partial charge in [0, 0.05) is 6.08 Å². The average Bonchev–Trinajstić information content (AvgIpc) is 2.47. The molecule has 19 heavy (non-hydrogen) atoms. The van der Waals surface area contributed by atoms with Crippen LogP contribution in [-0.2, 0) is 22.6 Å². The van der Waals surface area contributed by atoms with Crippen LogP contribution in [-0.4, -0.2) is 5.97 Å². The molecule has 0 aromatic heterocycles. The Balaban J connectivity index is 2.12. The van der Waals surface area contributed by atoms with Gasteiger partial charge in [-0.25, -0.2) is 4.79 Å². The smallest absolute Gasteiger partial charge is 0.330 e. The summed E-state index contributed by atoms with van der Waals surface area (Å²) in [6, 6.07) is 18.2. The molecule has 2 heteroatoms. The van der Waals surface area contributed by atoms with Crippen molar-refractivity contribution in [1.82, 2.24) is 0 Å². The van der Waals surface area contributed by atoms with Gasteiger partial charge in [0.25, 0.3) is 0 Å². The number of rotatable bonds is 5. The molecule has 0 aliphatic heterocycles. The zero-order valence-electron chi connectivity index (χ0n) is 10.7. The fraction of sp³-hybridized carbons (Fsp3) is 0.118. The van der Waals surface area contributed by atoms with E-state index in [-0.39, 0.29) is 6.61 Å². The maximum Gasteiger partial charge on any atom is 0.330 e. The summed E-state index contributed by atoms with van der Waals surface area (Å²) in [6.45, 7) is 3.67. The molecular formula is C17H16O2. The van der Waals surface area contributed by atoms with Crippen molar-refractivity contribution in [3.63, 3.8) is 0 Å². The van der Waals surface area contributed by atoms with Gasteiger partial charge in [0.15, 0.2) is 0 Å². The molecule has 0 atom stereocenters. The van der Waals surface area contributed by atoms with Crippen molar-refractivity contribution in [3.05, 3.63) is 83.9 Å². The monoisotopic (exact) mass is 252 g/mol. The molecular weight excluding hydrogens is 236 g/mol. The molecule has 0 saturated heterocycles. The van der Waals surface area contributed by atoms with Crippen LogP contribution in [0, 0.1) is 0 Å². The second kappa shape index (κ2) is 6.55. The second-order valence-electron chi connectivity index (χ2n) is 4.24. The number of carbonyl (C=O) groups is 1. The van der Waals surface area contributed by atoms with Crippen molar-refractivity contribution in [2.75, 3.05) is 0 Å². The lowest BCUT2D eigenvalue weighted by Gasteiger charge is -2.09. The van der Waals surface area contributed by atoms with Crippen LogP contribution in [0.4, 0.5) is 0 Å². The Morgan fingerprint density at radius 3 is 2.32 bits per heavy atom. The molecule has 0 radical (unpaired) electrons. The topological polar surface area (TPSA) is 26.3 Å². The van der Waals surface area contributed by atoms with Crippen molar-refractivity contribution in [2.45, 2.75) is 13.0 Å². The molecule has 0 saturated carbocycles. The van der Waals surface area contributed by atoms with E-state index in [4.69, 9.17) is 4.74 Å². The van der Waals surface area contributed by atoms with Gasteiger partial charge in [-0.05, 0) is 23.1 Å². The number of esters is 1. The minimum Gasteiger partial charge on any atom is -0.458 e. The Morgan fingerprint density at radius 1 is 1.00 bits per heavy atom. The Hall–Kier alpha value is -2.35.